The highest BCUT2D eigenvalue weighted by Gasteiger charge is 2.36. The monoisotopic (exact) mass is 1040 g/mol. The number of hydrogen-bond acceptors (Lipinski definition) is 13. The van der Waals surface area contributed by atoms with E-state index in [0.29, 0.717) is 24.0 Å². The van der Waals surface area contributed by atoms with Crippen LogP contribution in [0.1, 0.15) is 90.7 Å². The first-order valence-corrected chi connectivity index (χ1v) is 24.4. The molecular formula is C48H70FN11O12S. The summed E-state index contributed by atoms with van der Waals surface area (Å²) in [6, 6.07) is 2.14. The largest absolute Gasteiger partial charge is 0.508 e. The van der Waals surface area contributed by atoms with Gasteiger partial charge in [-0.25, -0.2) is 4.39 Å². The maximum absolute atomic E-state index is 14.2. The molecule has 2 aromatic rings. The number of nitrogens with zero attached hydrogens (tertiary/aromatic N) is 1. The fourth-order valence-electron chi connectivity index (χ4n) is 7.14. The van der Waals surface area contributed by atoms with Gasteiger partial charge in [0, 0.05) is 31.6 Å². The van der Waals surface area contributed by atoms with E-state index in [4.69, 9.17) is 17.2 Å². The smallest absolute Gasteiger partial charge is 0.246 e. The Morgan fingerprint density at radius 1 is 0.630 bits per heavy atom. The highest BCUT2D eigenvalue weighted by Crippen LogP contribution is 2.15. The van der Waals surface area contributed by atoms with Crippen LogP contribution in [0.4, 0.5) is 4.39 Å². The van der Waals surface area contributed by atoms with Gasteiger partial charge in [-0.1, -0.05) is 65.3 Å². The number of phenolic OH excluding ortho intramolecular Hbond substituents is 1. The molecule has 7 atom stereocenters. The van der Waals surface area contributed by atoms with Crippen LogP contribution in [0.2, 0.25) is 0 Å². The number of primary amides is 3. The van der Waals surface area contributed by atoms with Gasteiger partial charge in [-0.05, 0) is 66.5 Å². The third-order valence-corrected chi connectivity index (χ3v) is 11.5. The second kappa shape index (κ2) is 31.2. The summed E-state index contributed by atoms with van der Waals surface area (Å²) in [4.78, 5) is 146. The van der Waals surface area contributed by atoms with E-state index in [0.717, 1.165) is 17.0 Å². The standard InChI is InChI=1S/C48H70FN11O12S/c1-6-8-40(65)54-34(20-28-11-15-31(61)16-12-28)46(70)59-42(27(5)7-2)47(71)56-32(17-18-37(50)62)44(68)57-35(21-38(51)63)45(69)58-36(25-73)48(72)60(23-29-9-13-30(49)14-10-29)24-41(66)55-33(19-26(3)4)43(67)53-22-39(52)64/h9-16,26-27,32-36,42,61,73H,6-8,17-25H2,1-5H3,(H2,50,62)(H2,51,63)(H2,52,64)(H,53,67)(H,54,65)(H,55,66)(H,56,71)(H,57,68)(H,58,69)(H,59,70)/t27-,32-,33-,34-,35-,36+,42-/m0/s1. The van der Waals surface area contributed by atoms with Gasteiger partial charge in [-0.15, -0.1) is 0 Å². The second-order valence-electron chi connectivity index (χ2n) is 17.9. The lowest BCUT2D eigenvalue weighted by atomic mass is 9.96. The van der Waals surface area contributed by atoms with Crippen LogP contribution in [0.25, 0.3) is 0 Å². The molecule has 0 spiro atoms. The molecule has 0 unspecified atom stereocenters. The van der Waals surface area contributed by atoms with Gasteiger partial charge >= 0.3 is 0 Å². The second-order valence-corrected chi connectivity index (χ2v) is 18.3. The molecule has 14 N–H and O–H groups in total. The fraction of sp³-hybridized carbons (Fsp3) is 0.521. The molecule has 23 nitrogen and oxygen atoms in total. The third-order valence-electron chi connectivity index (χ3n) is 11.2. The van der Waals surface area contributed by atoms with Gasteiger partial charge in [0.25, 0.3) is 0 Å². The number of halogens is 1. The number of hydrogen-bond donors (Lipinski definition) is 12. The number of carbonyl (C=O) groups excluding carboxylic acids is 11. The summed E-state index contributed by atoms with van der Waals surface area (Å²) in [5.74, 6) is -11.4. The van der Waals surface area contributed by atoms with E-state index in [2.05, 4.69) is 49.8 Å². The van der Waals surface area contributed by atoms with Crippen LogP contribution in [0.15, 0.2) is 48.5 Å². The molecule has 2 rings (SSSR count). The van der Waals surface area contributed by atoms with E-state index >= 15 is 0 Å². The summed E-state index contributed by atoms with van der Waals surface area (Å²) in [6.07, 6.45) is -0.744. The Morgan fingerprint density at radius 2 is 1.19 bits per heavy atom. The van der Waals surface area contributed by atoms with Crippen molar-refractivity contribution in [1.82, 2.24) is 42.1 Å². The predicted octanol–water partition coefficient (Wildman–Crippen LogP) is -1.42. The average Bonchev–Trinajstić information content (AvgIpc) is 3.32. The van der Waals surface area contributed by atoms with Crippen molar-refractivity contribution >= 4 is 77.6 Å². The van der Waals surface area contributed by atoms with Crippen LogP contribution in [-0.4, -0.2) is 130 Å². The number of rotatable bonds is 32. The van der Waals surface area contributed by atoms with E-state index < -0.39 is 151 Å². The van der Waals surface area contributed by atoms with Crippen LogP contribution in [0.5, 0.6) is 5.75 Å². The lowest BCUT2D eigenvalue weighted by molar-refractivity contribution is -0.141. The predicted molar refractivity (Wildman–Crippen MR) is 267 cm³/mol. The van der Waals surface area contributed by atoms with Gasteiger partial charge in [0.05, 0.1) is 19.5 Å². The van der Waals surface area contributed by atoms with E-state index in [-0.39, 0.29) is 37.5 Å². The normalized spacial score (nSPS) is 13.8. The summed E-state index contributed by atoms with van der Waals surface area (Å²) < 4.78 is 13.9. The Hall–Kier alpha value is -7.31. The Labute approximate surface area is 428 Å². The first-order chi connectivity index (χ1) is 34.4. The van der Waals surface area contributed by atoms with E-state index in [1.54, 1.807) is 46.8 Å². The molecular weight excluding hydrogens is 974 g/mol. The highest BCUT2D eigenvalue weighted by atomic mass is 32.1. The Bertz CT molecular complexity index is 2250. The summed E-state index contributed by atoms with van der Waals surface area (Å²) in [7, 11) is 0. The third kappa shape index (κ3) is 22.8. The molecule has 0 aliphatic carbocycles. The molecule has 0 heterocycles. The molecule has 0 aliphatic rings. The Balaban J connectivity index is 2.43. The van der Waals surface area contributed by atoms with Gasteiger partial charge < -0.3 is 64.4 Å². The molecule has 2 aromatic carbocycles. The van der Waals surface area contributed by atoms with Gasteiger partial charge in [0.2, 0.25) is 65.0 Å². The van der Waals surface area contributed by atoms with E-state index in [1.165, 1.54) is 24.3 Å². The van der Waals surface area contributed by atoms with Gasteiger partial charge in [-0.2, -0.15) is 12.6 Å². The van der Waals surface area contributed by atoms with E-state index in [9.17, 15) is 62.2 Å². The number of thiol groups is 1. The van der Waals surface area contributed by atoms with Crippen LogP contribution in [0.3, 0.4) is 0 Å². The molecule has 11 amide bonds. The topological polar surface area (TPSA) is 374 Å². The molecule has 73 heavy (non-hydrogen) atoms. The van der Waals surface area contributed by atoms with E-state index in [1.807, 2.05) is 0 Å². The Morgan fingerprint density at radius 3 is 1.74 bits per heavy atom. The van der Waals surface area contributed by atoms with Crippen molar-refractivity contribution in [3.63, 3.8) is 0 Å². The average molecular weight is 1040 g/mol. The number of amides is 11. The number of nitrogens with two attached hydrogens (primary N) is 3. The van der Waals surface area contributed by atoms with Crippen molar-refractivity contribution in [1.29, 1.82) is 0 Å². The molecule has 25 heteroatoms. The minimum Gasteiger partial charge on any atom is -0.508 e. The zero-order valence-corrected chi connectivity index (χ0v) is 42.6. The lowest BCUT2D eigenvalue weighted by Gasteiger charge is -2.30. The minimum atomic E-state index is -1.82. The molecule has 0 aliphatic heterocycles. The number of nitrogens with one attached hydrogen (secondary N) is 7. The highest BCUT2D eigenvalue weighted by molar-refractivity contribution is 7.80. The van der Waals surface area contributed by atoms with Gasteiger partial charge in [0.15, 0.2) is 0 Å². The molecule has 402 valence electrons. The first-order valence-electron chi connectivity index (χ1n) is 23.7. The molecule has 0 saturated carbocycles. The fourth-order valence-corrected chi connectivity index (χ4v) is 7.39. The molecule has 0 radical (unpaired) electrons. The number of carbonyl (C=O) groups is 11. The number of aromatic hydroxyl groups is 1. The van der Waals surface area contributed by atoms with Crippen LogP contribution < -0.4 is 54.4 Å². The van der Waals surface area contributed by atoms with Crippen molar-refractivity contribution in [2.75, 3.05) is 18.8 Å². The zero-order valence-electron chi connectivity index (χ0n) is 41.7. The van der Waals surface area contributed by atoms with Gasteiger partial charge in [-0.3, -0.25) is 52.7 Å². The van der Waals surface area contributed by atoms with Crippen molar-refractivity contribution in [2.24, 2.45) is 29.0 Å². The van der Waals surface area contributed by atoms with Crippen molar-refractivity contribution in [3.05, 3.63) is 65.5 Å². The maximum atomic E-state index is 14.2. The quantitative estimate of drug-likeness (QED) is 0.0376. The molecule has 0 bridgehead atoms. The SMILES string of the molecule is CCCC(=O)N[C@@H](Cc1ccc(O)cc1)C(=O)N[C@H](C(=O)N[C@@H](CCC(N)=O)C(=O)N[C@@H](CC(N)=O)C(=O)N[C@H](CS)C(=O)N(CC(=O)N[C@@H](CC(C)C)C(=O)NCC(N)=O)Cc1ccc(F)cc1)[C@@H](C)CC. The molecule has 0 saturated heterocycles. The Kier molecular flexibility index (Phi) is 26.4. The van der Waals surface area contributed by atoms with Crippen molar-refractivity contribution < 1.29 is 62.2 Å². The van der Waals surface area contributed by atoms with Crippen molar-refractivity contribution in [3.8, 4) is 5.75 Å². The zero-order chi connectivity index (χ0) is 54.9. The lowest BCUT2D eigenvalue weighted by Crippen LogP contribution is -2.61. The first kappa shape index (κ1) is 61.8. The summed E-state index contributed by atoms with van der Waals surface area (Å²) in [5, 5.41) is 27.2. The van der Waals surface area contributed by atoms with Crippen LogP contribution in [0, 0.1) is 17.7 Å². The van der Waals surface area contributed by atoms with Crippen LogP contribution >= 0.6 is 12.6 Å². The molecule has 0 fully saturated rings. The number of phenols is 1. The van der Waals surface area contributed by atoms with Crippen molar-refractivity contribution in [2.45, 2.75) is 129 Å². The number of benzene rings is 2. The summed E-state index contributed by atoms with van der Waals surface area (Å²) in [5.41, 5.74) is 17.0. The summed E-state index contributed by atoms with van der Waals surface area (Å²) >= 11 is 4.24. The van der Waals surface area contributed by atoms with Gasteiger partial charge in [0.1, 0.15) is 47.8 Å². The van der Waals surface area contributed by atoms with Crippen LogP contribution in [-0.2, 0) is 65.7 Å². The minimum absolute atomic E-state index is 0.0234. The summed E-state index contributed by atoms with van der Waals surface area (Å²) in [6.45, 7) is 7.15. The maximum Gasteiger partial charge on any atom is 0.246 e. The molecule has 0 aromatic heterocycles.